The van der Waals surface area contributed by atoms with Gasteiger partial charge in [-0.25, -0.2) is 4.79 Å². The van der Waals surface area contributed by atoms with E-state index in [1.54, 1.807) is 0 Å². The van der Waals surface area contributed by atoms with Crippen LogP contribution in [0.4, 0.5) is 16.2 Å². The first-order chi connectivity index (χ1) is 14.1. The molecule has 0 bridgehead atoms. The molecule has 29 heavy (non-hydrogen) atoms. The van der Waals surface area contributed by atoms with Crippen molar-refractivity contribution in [1.82, 2.24) is 5.32 Å². The molecule has 0 unspecified atom stereocenters. The second-order valence-corrected chi connectivity index (χ2v) is 7.35. The van der Waals surface area contributed by atoms with Crippen molar-refractivity contribution in [2.24, 2.45) is 5.92 Å². The molecule has 6 heteroatoms. The zero-order valence-electron chi connectivity index (χ0n) is 17.3. The summed E-state index contributed by atoms with van der Waals surface area (Å²) in [6.45, 7) is 7.86. The fraction of sp³-hybridized carbons (Fsp3) is 0.435. The van der Waals surface area contributed by atoms with Gasteiger partial charge in [0.2, 0.25) is 0 Å². The number of nitrogens with zero attached hydrogens (tertiary/aromatic N) is 1. The van der Waals surface area contributed by atoms with E-state index in [0.717, 1.165) is 36.2 Å². The molecule has 0 aromatic heterocycles. The minimum absolute atomic E-state index is 0.240. The van der Waals surface area contributed by atoms with Gasteiger partial charge in [-0.05, 0) is 62.1 Å². The van der Waals surface area contributed by atoms with Crippen molar-refractivity contribution in [3.63, 3.8) is 0 Å². The number of nitrogens with one attached hydrogen (secondary N) is 2. The van der Waals surface area contributed by atoms with E-state index < -0.39 is 0 Å². The Morgan fingerprint density at radius 3 is 2.45 bits per heavy atom. The third-order valence-corrected chi connectivity index (χ3v) is 5.05. The monoisotopic (exact) mass is 397 g/mol. The number of hydrogen-bond acceptors (Lipinski definition) is 4. The Kier molecular flexibility index (Phi) is 7.61. The Morgan fingerprint density at radius 2 is 1.76 bits per heavy atom. The second-order valence-electron chi connectivity index (χ2n) is 7.35. The van der Waals surface area contributed by atoms with Crippen LogP contribution in [0.5, 0.6) is 11.5 Å². The number of carbonyl (C=O) groups excluding carboxylic acids is 1. The molecule has 1 saturated heterocycles. The van der Waals surface area contributed by atoms with E-state index in [9.17, 15) is 4.79 Å². The number of anilines is 2. The lowest BCUT2D eigenvalue weighted by atomic mass is 9.99. The normalized spacial score (nSPS) is 14.3. The highest BCUT2D eigenvalue weighted by molar-refractivity contribution is 5.89. The van der Waals surface area contributed by atoms with Gasteiger partial charge in [0.25, 0.3) is 0 Å². The number of rotatable bonds is 8. The first kappa shape index (κ1) is 20.8. The lowest BCUT2D eigenvalue weighted by Gasteiger charge is -2.32. The van der Waals surface area contributed by atoms with Crippen LogP contribution in [0, 0.1) is 5.92 Å². The molecule has 1 aliphatic heterocycles. The molecule has 3 rings (SSSR count). The number of carbonyl (C=O) groups is 1. The maximum absolute atomic E-state index is 12.1. The molecule has 1 fully saturated rings. The second kappa shape index (κ2) is 10.6. The molecule has 0 aliphatic carbocycles. The Morgan fingerprint density at radius 1 is 1.07 bits per heavy atom. The average Bonchev–Trinajstić information content (AvgIpc) is 2.73. The summed E-state index contributed by atoms with van der Waals surface area (Å²) >= 11 is 0. The number of hydrogen-bond donors (Lipinski definition) is 2. The summed E-state index contributed by atoms with van der Waals surface area (Å²) in [6, 6.07) is 15.3. The van der Waals surface area contributed by atoms with Gasteiger partial charge in [-0.1, -0.05) is 13.0 Å². The van der Waals surface area contributed by atoms with Gasteiger partial charge in [-0.2, -0.15) is 0 Å². The summed E-state index contributed by atoms with van der Waals surface area (Å²) in [5.74, 6) is 2.31. The maximum atomic E-state index is 12.1. The van der Waals surface area contributed by atoms with E-state index in [1.807, 2.05) is 43.3 Å². The van der Waals surface area contributed by atoms with Crippen LogP contribution in [-0.2, 0) is 0 Å². The SMILES string of the molecule is CCOc1cccc(OCCNC(=O)Nc2ccc(N3CCC(C)CC3)cc2)c1. The predicted octanol–water partition coefficient (Wildman–Crippen LogP) is 4.52. The minimum Gasteiger partial charge on any atom is -0.494 e. The number of benzene rings is 2. The molecule has 0 atom stereocenters. The Bertz CT molecular complexity index is 771. The van der Waals surface area contributed by atoms with E-state index in [2.05, 4.69) is 34.6 Å². The van der Waals surface area contributed by atoms with Crippen LogP contribution < -0.4 is 25.0 Å². The molecule has 2 aromatic carbocycles. The standard InChI is InChI=1S/C23H31N3O3/c1-3-28-21-5-4-6-22(17-21)29-16-13-24-23(27)25-19-7-9-20(10-8-19)26-14-11-18(2)12-15-26/h4-10,17-18H,3,11-16H2,1-2H3,(H2,24,25,27). The van der Waals surface area contributed by atoms with Gasteiger partial charge in [0.1, 0.15) is 18.1 Å². The zero-order valence-corrected chi connectivity index (χ0v) is 17.3. The maximum Gasteiger partial charge on any atom is 0.319 e. The predicted molar refractivity (Wildman–Crippen MR) is 117 cm³/mol. The van der Waals surface area contributed by atoms with Gasteiger partial charge in [-0.3, -0.25) is 0 Å². The van der Waals surface area contributed by atoms with Crippen molar-refractivity contribution in [1.29, 1.82) is 0 Å². The molecule has 156 valence electrons. The van der Waals surface area contributed by atoms with Gasteiger partial charge in [-0.15, -0.1) is 0 Å². The van der Waals surface area contributed by atoms with Crippen LogP contribution >= 0.6 is 0 Å². The zero-order chi connectivity index (χ0) is 20.5. The Labute approximate surface area is 173 Å². The highest BCUT2D eigenvalue weighted by atomic mass is 16.5. The van der Waals surface area contributed by atoms with Crippen LogP contribution in [-0.4, -0.2) is 38.9 Å². The molecule has 2 amide bonds. The molecule has 0 spiro atoms. The van der Waals surface area contributed by atoms with Crippen molar-refractivity contribution < 1.29 is 14.3 Å². The van der Waals surface area contributed by atoms with Gasteiger partial charge < -0.3 is 25.0 Å². The topological polar surface area (TPSA) is 62.8 Å². The molecule has 1 heterocycles. The van der Waals surface area contributed by atoms with E-state index in [-0.39, 0.29) is 6.03 Å². The first-order valence-electron chi connectivity index (χ1n) is 10.4. The summed E-state index contributed by atoms with van der Waals surface area (Å²) in [5, 5.41) is 5.67. The molecular weight excluding hydrogens is 366 g/mol. The molecule has 0 radical (unpaired) electrons. The Balaban J connectivity index is 1.37. The quantitative estimate of drug-likeness (QED) is 0.643. The molecule has 1 aliphatic rings. The van der Waals surface area contributed by atoms with Gasteiger partial charge >= 0.3 is 6.03 Å². The van der Waals surface area contributed by atoms with Crippen molar-refractivity contribution >= 4 is 17.4 Å². The fourth-order valence-corrected chi connectivity index (χ4v) is 3.35. The summed E-state index contributed by atoms with van der Waals surface area (Å²) in [6.07, 6.45) is 2.47. The molecular formula is C23H31N3O3. The molecule has 6 nitrogen and oxygen atoms in total. The van der Waals surface area contributed by atoms with Crippen molar-refractivity contribution in [3.05, 3.63) is 48.5 Å². The lowest BCUT2D eigenvalue weighted by molar-refractivity contribution is 0.247. The van der Waals surface area contributed by atoms with Crippen LogP contribution in [0.25, 0.3) is 0 Å². The number of piperidine rings is 1. The Hall–Kier alpha value is -2.89. The highest BCUT2D eigenvalue weighted by Crippen LogP contribution is 2.24. The largest absolute Gasteiger partial charge is 0.494 e. The number of ether oxygens (including phenoxy) is 2. The van der Waals surface area contributed by atoms with Crippen molar-refractivity contribution in [2.75, 3.05) is 43.1 Å². The lowest BCUT2D eigenvalue weighted by Crippen LogP contribution is -2.33. The molecule has 2 aromatic rings. The van der Waals surface area contributed by atoms with Crippen LogP contribution in [0.2, 0.25) is 0 Å². The highest BCUT2D eigenvalue weighted by Gasteiger charge is 2.15. The summed E-state index contributed by atoms with van der Waals surface area (Å²) in [7, 11) is 0. The fourth-order valence-electron chi connectivity index (χ4n) is 3.35. The average molecular weight is 398 g/mol. The first-order valence-corrected chi connectivity index (χ1v) is 10.4. The van der Waals surface area contributed by atoms with Crippen LogP contribution in [0.15, 0.2) is 48.5 Å². The molecule has 0 saturated carbocycles. The van der Waals surface area contributed by atoms with E-state index >= 15 is 0 Å². The third-order valence-electron chi connectivity index (χ3n) is 5.05. The number of urea groups is 1. The van der Waals surface area contributed by atoms with Gasteiger partial charge in [0, 0.05) is 30.5 Å². The van der Waals surface area contributed by atoms with E-state index in [1.165, 1.54) is 18.5 Å². The summed E-state index contributed by atoms with van der Waals surface area (Å²) in [5.41, 5.74) is 1.99. The van der Waals surface area contributed by atoms with Crippen LogP contribution in [0.1, 0.15) is 26.7 Å². The van der Waals surface area contributed by atoms with Crippen molar-refractivity contribution in [3.8, 4) is 11.5 Å². The summed E-state index contributed by atoms with van der Waals surface area (Å²) < 4.78 is 11.1. The minimum atomic E-state index is -0.240. The van der Waals surface area contributed by atoms with E-state index in [0.29, 0.717) is 19.8 Å². The number of amides is 2. The van der Waals surface area contributed by atoms with Gasteiger partial charge in [0.15, 0.2) is 0 Å². The van der Waals surface area contributed by atoms with Gasteiger partial charge in [0.05, 0.1) is 13.2 Å². The third kappa shape index (κ3) is 6.59. The summed E-state index contributed by atoms with van der Waals surface area (Å²) in [4.78, 5) is 14.5. The van der Waals surface area contributed by atoms with E-state index in [4.69, 9.17) is 9.47 Å². The molecule has 2 N–H and O–H groups in total. The smallest absolute Gasteiger partial charge is 0.319 e. The van der Waals surface area contributed by atoms with Crippen molar-refractivity contribution in [2.45, 2.75) is 26.7 Å². The van der Waals surface area contributed by atoms with Crippen LogP contribution in [0.3, 0.4) is 0 Å².